The minimum atomic E-state index is -3.57. The second-order valence-electron chi connectivity index (χ2n) is 8.23. The number of carbonyl (C=O) groups is 2. The third-order valence-corrected chi connectivity index (χ3v) is 7.84. The zero-order chi connectivity index (χ0) is 23.3. The van der Waals surface area contributed by atoms with Crippen LogP contribution in [0.5, 0.6) is 0 Å². The summed E-state index contributed by atoms with van der Waals surface area (Å²) < 4.78 is 32.0. The molecule has 1 unspecified atom stereocenters. The Kier molecular flexibility index (Phi) is 7.69. The van der Waals surface area contributed by atoms with Gasteiger partial charge in [-0.15, -0.1) is 0 Å². The van der Waals surface area contributed by atoms with Gasteiger partial charge in [-0.3, -0.25) is 9.59 Å². The number of sulfonamides is 1. The average molecular weight is 459 g/mol. The zero-order valence-corrected chi connectivity index (χ0v) is 19.5. The fourth-order valence-corrected chi connectivity index (χ4v) is 5.22. The molecule has 1 N–H and O–H groups in total. The van der Waals surface area contributed by atoms with Crippen LogP contribution in [0.15, 0.2) is 53.4 Å². The minimum absolute atomic E-state index is 0.202. The Balaban J connectivity index is 1.46. The summed E-state index contributed by atoms with van der Waals surface area (Å²) in [6.45, 7) is 6.07. The number of hydrogen-bond donors (Lipinski definition) is 1. The van der Waals surface area contributed by atoms with Gasteiger partial charge in [0.15, 0.2) is 6.61 Å². The van der Waals surface area contributed by atoms with Gasteiger partial charge in [0.25, 0.3) is 5.91 Å². The summed E-state index contributed by atoms with van der Waals surface area (Å²) in [5.74, 6) is -1.24. The number of nitrogens with zero attached hydrogens (tertiary/aromatic N) is 1. The maximum atomic E-state index is 12.7. The number of amides is 1. The molecular formula is C24H30N2O5S. The molecule has 7 nitrogen and oxygen atoms in total. The Hall–Kier alpha value is -2.71. The van der Waals surface area contributed by atoms with Crippen LogP contribution in [0.3, 0.4) is 0 Å². The number of aryl methyl sites for hydroxylation is 2. The fraction of sp³-hybridized carbons (Fsp3) is 0.417. The van der Waals surface area contributed by atoms with Gasteiger partial charge in [-0.2, -0.15) is 4.31 Å². The molecule has 1 amide bonds. The third kappa shape index (κ3) is 5.75. The number of piperidine rings is 1. The summed E-state index contributed by atoms with van der Waals surface area (Å²) in [7, 11) is -3.57. The van der Waals surface area contributed by atoms with Crippen molar-refractivity contribution in [2.75, 3.05) is 19.7 Å². The lowest BCUT2D eigenvalue weighted by Gasteiger charge is -2.30. The maximum absolute atomic E-state index is 12.7. The molecule has 0 spiro atoms. The van der Waals surface area contributed by atoms with Crippen LogP contribution in [0, 0.1) is 19.8 Å². The molecule has 1 atom stereocenters. The molecule has 1 aliphatic rings. The van der Waals surface area contributed by atoms with E-state index < -0.39 is 21.9 Å². The Bertz CT molecular complexity index is 1060. The summed E-state index contributed by atoms with van der Waals surface area (Å²) in [4.78, 5) is 24.9. The lowest BCUT2D eigenvalue weighted by atomic mass is 9.98. The van der Waals surface area contributed by atoms with E-state index in [0.29, 0.717) is 12.8 Å². The number of ether oxygens (including phenoxy) is 1. The van der Waals surface area contributed by atoms with Crippen LogP contribution in [0.2, 0.25) is 0 Å². The monoisotopic (exact) mass is 458 g/mol. The number of nitrogens with one attached hydrogen (secondary N) is 1. The highest BCUT2D eigenvalue weighted by Crippen LogP contribution is 2.24. The molecule has 0 aromatic heterocycles. The van der Waals surface area contributed by atoms with E-state index in [-0.39, 0.29) is 36.5 Å². The topological polar surface area (TPSA) is 92.8 Å². The van der Waals surface area contributed by atoms with Gasteiger partial charge in [-0.1, -0.05) is 36.4 Å². The molecule has 2 aromatic rings. The highest BCUT2D eigenvalue weighted by Gasteiger charge is 2.33. The van der Waals surface area contributed by atoms with Crippen molar-refractivity contribution in [1.82, 2.24) is 9.62 Å². The van der Waals surface area contributed by atoms with Gasteiger partial charge in [0, 0.05) is 13.1 Å². The second kappa shape index (κ2) is 10.3. The van der Waals surface area contributed by atoms with Gasteiger partial charge >= 0.3 is 5.97 Å². The molecule has 172 valence electrons. The normalized spacial score (nSPS) is 16.3. The fourth-order valence-electron chi connectivity index (χ4n) is 3.73. The SMILES string of the molecule is Cc1ccc(C(C)NC(=O)COC(=O)C2CCN(S(=O)(=O)c3ccccc3)CC2)cc1C. The molecule has 1 aliphatic heterocycles. The molecule has 32 heavy (non-hydrogen) atoms. The molecule has 0 radical (unpaired) electrons. The van der Waals surface area contributed by atoms with Crippen LogP contribution >= 0.6 is 0 Å². The maximum Gasteiger partial charge on any atom is 0.309 e. The summed E-state index contributed by atoms with van der Waals surface area (Å²) >= 11 is 0. The number of benzene rings is 2. The van der Waals surface area contributed by atoms with Crippen LogP contribution in [0.25, 0.3) is 0 Å². The van der Waals surface area contributed by atoms with Crippen LogP contribution in [-0.2, 0) is 24.3 Å². The van der Waals surface area contributed by atoms with Gasteiger partial charge < -0.3 is 10.1 Å². The first kappa shape index (κ1) is 23.9. The standard InChI is InChI=1S/C24H30N2O5S/c1-17-9-10-21(15-18(17)2)19(3)25-23(27)16-31-24(28)20-11-13-26(14-12-20)32(29,30)22-7-5-4-6-8-22/h4-10,15,19-20H,11-14,16H2,1-3H3,(H,25,27). The van der Waals surface area contributed by atoms with Gasteiger partial charge in [0.1, 0.15) is 0 Å². The predicted octanol–water partition coefficient (Wildman–Crippen LogP) is 3.12. The molecule has 0 aliphatic carbocycles. The molecular weight excluding hydrogens is 428 g/mol. The highest BCUT2D eigenvalue weighted by atomic mass is 32.2. The van der Waals surface area contributed by atoms with Gasteiger partial charge in [-0.25, -0.2) is 8.42 Å². The van der Waals surface area contributed by atoms with E-state index in [1.54, 1.807) is 30.3 Å². The largest absolute Gasteiger partial charge is 0.455 e. The van der Waals surface area contributed by atoms with E-state index in [9.17, 15) is 18.0 Å². The summed E-state index contributed by atoms with van der Waals surface area (Å²) in [5.41, 5.74) is 3.32. The van der Waals surface area contributed by atoms with Crippen molar-refractivity contribution in [2.45, 2.75) is 44.6 Å². The first-order valence-corrected chi connectivity index (χ1v) is 12.2. The molecule has 0 bridgehead atoms. The summed E-state index contributed by atoms with van der Waals surface area (Å²) in [5, 5.41) is 2.84. The number of hydrogen-bond acceptors (Lipinski definition) is 5. The smallest absolute Gasteiger partial charge is 0.309 e. The lowest BCUT2D eigenvalue weighted by Crippen LogP contribution is -2.41. The van der Waals surface area contributed by atoms with Crippen molar-refractivity contribution in [3.05, 3.63) is 65.2 Å². The zero-order valence-electron chi connectivity index (χ0n) is 18.7. The number of carbonyl (C=O) groups excluding carboxylic acids is 2. The van der Waals surface area contributed by atoms with E-state index >= 15 is 0 Å². The number of esters is 1. The minimum Gasteiger partial charge on any atom is -0.455 e. The van der Waals surface area contributed by atoms with E-state index in [4.69, 9.17) is 4.74 Å². The molecule has 3 rings (SSSR count). The summed E-state index contributed by atoms with van der Waals surface area (Å²) in [6.07, 6.45) is 0.733. The first-order chi connectivity index (χ1) is 15.2. The van der Waals surface area contributed by atoms with Crippen molar-refractivity contribution >= 4 is 21.9 Å². The Morgan fingerprint density at radius 1 is 1.06 bits per heavy atom. The molecule has 0 saturated carbocycles. The van der Waals surface area contributed by atoms with E-state index in [2.05, 4.69) is 5.32 Å². The van der Waals surface area contributed by atoms with Gasteiger partial charge in [-0.05, 0) is 62.4 Å². The van der Waals surface area contributed by atoms with Crippen molar-refractivity contribution in [3.63, 3.8) is 0 Å². The van der Waals surface area contributed by atoms with Gasteiger partial charge in [0.05, 0.1) is 16.9 Å². The Morgan fingerprint density at radius 2 is 1.72 bits per heavy atom. The van der Waals surface area contributed by atoms with E-state index in [1.807, 2.05) is 39.0 Å². The van der Waals surface area contributed by atoms with Crippen molar-refractivity contribution < 1.29 is 22.7 Å². The van der Waals surface area contributed by atoms with Crippen LogP contribution in [0.1, 0.15) is 42.5 Å². The first-order valence-electron chi connectivity index (χ1n) is 10.8. The van der Waals surface area contributed by atoms with Crippen LogP contribution < -0.4 is 5.32 Å². The molecule has 1 saturated heterocycles. The molecule has 8 heteroatoms. The van der Waals surface area contributed by atoms with Crippen LogP contribution in [0.4, 0.5) is 0 Å². The molecule has 2 aromatic carbocycles. The van der Waals surface area contributed by atoms with Crippen molar-refractivity contribution in [1.29, 1.82) is 0 Å². The van der Waals surface area contributed by atoms with Crippen molar-refractivity contribution in [2.24, 2.45) is 5.92 Å². The third-order valence-electron chi connectivity index (χ3n) is 5.92. The average Bonchev–Trinajstić information content (AvgIpc) is 2.80. The van der Waals surface area contributed by atoms with E-state index in [1.165, 1.54) is 9.87 Å². The van der Waals surface area contributed by atoms with E-state index in [0.717, 1.165) is 11.1 Å². The molecule has 1 heterocycles. The summed E-state index contributed by atoms with van der Waals surface area (Å²) in [6, 6.07) is 14.1. The van der Waals surface area contributed by atoms with Crippen LogP contribution in [-0.4, -0.2) is 44.3 Å². The molecule has 1 fully saturated rings. The quantitative estimate of drug-likeness (QED) is 0.644. The number of rotatable bonds is 7. The van der Waals surface area contributed by atoms with Gasteiger partial charge in [0.2, 0.25) is 10.0 Å². The Morgan fingerprint density at radius 3 is 2.34 bits per heavy atom. The lowest BCUT2D eigenvalue weighted by molar-refractivity contribution is -0.153. The highest BCUT2D eigenvalue weighted by molar-refractivity contribution is 7.89. The predicted molar refractivity (Wildman–Crippen MR) is 121 cm³/mol. The second-order valence-corrected chi connectivity index (χ2v) is 10.2. The van der Waals surface area contributed by atoms with Crippen molar-refractivity contribution in [3.8, 4) is 0 Å². The Labute approximate surface area is 189 Å².